The van der Waals surface area contributed by atoms with Crippen molar-refractivity contribution in [1.82, 2.24) is 4.90 Å². The van der Waals surface area contributed by atoms with Crippen LogP contribution in [0.2, 0.25) is 18.6 Å². The van der Waals surface area contributed by atoms with E-state index in [1.807, 2.05) is 30.1 Å². The number of hydrogen-bond donors (Lipinski definition) is 2. The Morgan fingerprint density at radius 3 is 2.51 bits per heavy atom. The summed E-state index contributed by atoms with van der Waals surface area (Å²) in [7, 11) is -2.55. The summed E-state index contributed by atoms with van der Waals surface area (Å²) in [6, 6.07) is 8.20. The first kappa shape index (κ1) is 26.3. The van der Waals surface area contributed by atoms with Crippen LogP contribution in [0.1, 0.15) is 57.4 Å². The molecule has 7 nitrogen and oxygen atoms in total. The summed E-state index contributed by atoms with van der Waals surface area (Å²) >= 11 is 0. The molecule has 0 aromatic heterocycles. The number of piperidine rings is 1. The molecule has 2 N–H and O–H groups in total. The van der Waals surface area contributed by atoms with E-state index < -0.39 is 8.32 Å². The van der Waals surface area contributed by atoms with Crippen LogP contribution in [0.5, 0.6) is 0 Å². The highest BCUT2D eigenvalue weighted by Gasteiger charge is 2.50. The maximum absolute atomic E-state index is 13.1. The number of aryl methyl sites for hydroxylation is 1. The molecule has 1 aromatic rings. The Hall–Kier alpha value is -1.74. The number of aliphatic hydroxyl groups is 1. The lowest BCUT2D eigenvalue weighted by atomic mass is 9.95. The van der Waals surface area contributed by atoms with E-state index in [1.54, 1.807) is 4.90 Å². The molecule has 2 amide bonds. The highest BCUT2D eigenvalue weighted by Crippen LogP contribution is 2.45. The average molecular weight is 503 g/mol. The largest absolute Gasteiger partial charge is 0.432 e. The molecule has 5 atom stereocenters. The molecular formula is C27H42N2O5Si. The molecule has 0 spiro atoms. The zero-order valence-electron chi connectivity index (χ0n) is 21.5. The fraction of sp³-hybridized carbons (Fsp3) is 0.704. The zero-order chi connectivity index (χ0) is 25.2. The van der Waals surface area contributed by atoms with Gasteiger partial charge in [0.05, 0.1) is 31.3 Å². The van der Waals surface area contributed by atoms with Gasteiger partial charge in [0, 0.05) is 30.7 Å². The number of carbonyl (C=O) groups is 2. The lowest BCUT2D eigenvalue weighted by molar-refractivity contribution is -0.135. The Labute approximate surface area is 210 Å². The van der Waals surface area contributed by atoms with Gasteiger partial charge in [0.1, 0.15) is 0 Å². The summed E-state index contributed by atoms with van der Waals surface area (Å²) in [5, 5.41) is 9.62. The van der Waals surface area contributed by atoms with Crippen molar-refractivity contribution in [2.75, 3.05) is 24.6 Å². The number of likely N-dealkylation sites (tertiary alicyclic amines) is 1. The molecule has 35 heavy (non-hydrogen) atoms. The summed E-state index contributed by atoms with van der Waals surface area (Å²) < 4.78 is 6.48. The van der Waals surface area contributed by atoms with Crippen LogP contribution >= 0.6 is 0 Å². The lowest BCUT2D eigenvalue weighted by Crippen LogP contribution is -2.43. The predicted molar refractivity (Wildman–Crippen MR) is 139 cm³/mol. The summed E-state index contributed by atoms with van der Waals surface area (Å²) in [4.78, 5) is 40.0. The molecule has 3 saturated heterocycles. The van der Waals surface area contributed by atoms with Crippen molar-refractivity contribution >= 4 is 25.8 Å². The van der Waals surface area contributed by atoms with Crippen LogP contribution in [0.4, 0.5) is 5.69 Å². The number of nitrogens with zero attached hydrogens (tertiary/aromatic N) is 2. The van der Waals surface area contributed by atoms with E-state index in [0.717, 1.165) is 50.8 Å². The van der Waals surface area contributed by atoms with E-state index in [2.05, 4.69) is 19.1 Å². The van der Waals surface area contributed by atoms with Gasteiger partial charge in [-0.25, -0.2) is 0 Å². The summed E-state index contributed by atoms with van der Waals surface area (Å²) in [5.41, 5.74) is 2.17. The minimum atomic E-state index is -2.55. The second-order valence-corrected chi connectivity index (χ2v) is 15.2. The molecule has 0 saturated carbocycles. The fourth-order valence-corrected chi connectivity index (χ4v) is 9.09. The van der Waals surface area contributed by atoms with Gasteiger partial charge in [0.25, 0.3) is 0 Å². The molecule has 0 unspecified atom stereocenters. The van der Waals surface area contributed by atoms with Gasteiger partial charge in [-0.2, -0.15) is 0 Å². The Balaban J connectivity index is 1.38. The second kappa shape index (κ2) is 11.1. The molecule has 3 fully saturated rings. The highest BCUT2D eigenvalue weighted by atomic mass is 28.4. The van der Waals surface area contributed by atoms with E-state index >= 15 is 0 Å². The van der Waals surface area contributed by atoms with Crippen molar-refractivity contribution in [3.05, 3.63) is 29.8 Å². The molecular weight excluding hydrogens is 460 g/mol. The van der Waals surface area contributed by atoms with Gasteiger partial charge in [-0.05, 0) is 75.2 Å². The summed E-state index contributed by atoms with van der Waals surface area (Å²) in [6.07, 6.45) is 6.11. The van der Waals surface area contributed by atoms with Gasteiger partial charge in [0.15, 0.2) is 8.32 Å². The minimum Gasteiger partial charge on any atom is -0.432 e. The number of ether oxygens (including phenoxy) is 1. The first-order chi connectivity index (χ1) is 16.7. The van der Waals surface area contributed by atoms with Gasteiger partial charge in [0.2, 0.25) is 11.8 Å². The van der Waals surface area contributed by atoms with Gasteiger partial charge in [-0.3, -0.25) is 9.59 Å². The van der Waals surface area contributed by atoms with Gasteiger partial charge >= 0.3 is 0 Å². The number of benzene rings is 1. The maximum atomic E-state index is 13.1. The average Bonchev–Trinajstić information content (AvgIpc) is 3.42. The summed E-state index contributed by atoms with van der Waals surface area (Å²) in [5.74, 6) is 0.418. The normalized spacial score (nSPS) is 29.7. The molecule has 0 bridgehead atoms. The van der Waals surface area contributed by atoms with Gasteiger partial charge in [-0.1, -0.05) is 19.1 Å². The minimum absolute atomic E-state index is 0.000815. The maximum Gasteiger partial charge on any atom is 0.226 e. The number of hydrogen-bond acceptors (Lipinski definition) is 5. The molecule has 4 rings (SSSR count). The number of rotatable bonds is 8. The fourth-order valence-electron chi connectivity index (χ4n) is 6.48. The SMILES string of the molecule is C[C@@H]1[C@@H]([Si](C)(C)O)[C@H](CC(=O)N2CCC[C@H]2CO)O[C@@H]1CCc1ccc(N2CCCCC2=O)cc1. The van der Waals surface area contributed by atoms with Crippen molar-refractivity contribution in [2.24, 2.45) is 5.92 Å². The summed E-state index contributed by atoms with van der Waals surface area (Å²) in [6.45, 7) is 7.55. The second-order valence-electron chi connectivity index (χ2n) is 11.2. The number of amides is 2. The zero-order valence-corrected chi connectivity index (χ0v) is 22.5. The molecule has 0 radical (unpaired) electrons. The Morgan fingerprint density at radius 2 is 1.86 bits per heavy atom. The van der Waals surface area contributed by atoms with E-state index in [9.17, 15) is 19.5 Å². The smallest absolute Gasteiger partial charge is 0.226 e. The molecule has 194 valence electrons. The van der Waals surface area contributed by atoms with E-state index in [-0.39, 0.29) is 54.6 Å². The first-order valence-corrected chi connectivity index (χ1v) is 16.4. The van der Waals surface area contributed by atoms with Crippen molar-refractivity contribution in [1.29, 1.82) is 0 Å². The quantitative estimate of drug-likeness (QED) is 0.531. The molecule has 1 aromatic carbocycles. The number of carbonyl (C=O) groups excluding carboxylic acids is 2. The standard InChI is InChI=1S/C27H42N2O5Si/c1-19-23(14-11-20-9-12-21(13-10-20)28-15-5-4-8-25(28)31)34-24(27(19)35(2,3)33)17-26(32)29-16-6-7-22(29)18-30/h9-10,12-13,19,22-24,27,30,33H,4-8,11,14-18H2,1-3H3/t19-,22-,23+,24-,27+/m0/s1. The van der Waals surface area contributed by atoms with Gasteiger partial charge < -0.3 is 24.4 Å². The topological polar surface area (TPSA) is 90.3 Å². The lowest BCUT2D eigenvalue weighted by Gasteiger charge is -2.31. The van der Waals surface area contributed by atoms with E-state index in [1.165, 1.54) is 5.56 Å². The first-order valence-electron chi connectivity index (χ1n) is 13.4. The highest BCUT2D eigenvalue weighted by molar-refractivity contribution is 6.71. The molecule has 8 heteroatoms. The molecule has 3 heterocycles. The predicted octanol–water partition coefficient (Wildman–Crippen LogP) is 3.48. The third-order valence-electron chi connectivity index (χ3n) is 8.29. The Morgan fingerprint density at radius 1 is 1.11 bits per heavy atom. The van der Waals surface area contributed by atoms with Crippen LogP contribution in [0.15, 0.2) is 24.3 Å². The van der Waals surface area contributed by atoms with Crippen LogP contribution < -0.4 is 4.90 Å². The van der Waals surface area contributed by atoms with E-state index in [0.29, 0.717) is 13.0 Å². The molecule has 3 aliphatic rings. The monoisotopic (exact) mass is 502 g/mol. The van der Waals surface area contributed by atoms with Crippen molar-refractivity contribution < 1.29 is 24.2 Å². The third kappa shape index (κ3) is 5.98. The van der Waals surface area contributed by atoms with Crippen LogP contribution in [-0.4, -0.2) is 72.9 Å². The van der Waals surface area contributed by atoms with Crippen LogP contribution in [-0.2, 0) is 20.7 Å². The third-order valence-corrected chi connectivity index (χ3v) is 10.8. The number of aliphatic hydroxyl groups excluding tert-OH is 1. The van der Waals surface area contributed by atoms with Crippen LogP contribution in [0.3, 0.4) is 0 Å². The Kier molecular flexibility index (Phi) is 8.36. The van der Waals surface area contributed by atoms with Gasteiger partial charge in [-0.15, -0.1) is 0 Å². The van der Waals surface area contributed by atoms with Crippen LogP contribution in [0, 0.1) is 5.92 Å². The molecule has 0 aliphatic carbocycles. The van der Waals surface area contributed by atoms with Crippen molar-refractivity contribution in [2.45, 2.75) is 95.2 Å². The van der Waals surface area contributed by atoms with E-state index in [4.69, 9.17) is 4.74 Å². The Bertz CT molecular complexity index is 887. The number of anilines is 1. The van der Waals surface area contributed by atoms with Crippen molar-refractivity contribution in [3.8, 4) is 0 Å². The van der Waals surface area contributed by atoms with Crippen LogP contribution in [0.25, 0.3) is 0 Å². The molecule has 3 aliphatic heterocycles. The van der Waals surface area contributed by atoms with Crippen molar-refractivity contribution in [3.63, 3.8) is 0 Å².